The molecule has 0 radical (unpaired) electrons. The van der Waals surface area contributed by atoms with Crippen molar-refractivity contribution in [3.63, 3.8) is 0 Å². The second-order valence-electron chi connectivity index (χ2n) is 8.62. The van der Waals surface area contributed by atoms with E-state index in [1.165, 1.54) is 24.8 Å². The topological polar surface area (TPSA) is 45.2 Å². The minimum absolute atomic E-state index is 0.00115. The fourth-order valence-corrected chi connectivity index (χ4v) is 4.94. The first-order valence-electron chi connectivity index (χ1n) is 11.0. The van der Waals surface area contributed by atoms with Crippen molar-refractivity contribution < 1.29 is 4.79 Å². The summed E-state index contributed by atoms with van der Waals surface area (Å²) in [6, 6.07) is 12.4. The Bertz CT molecular complexity index is 844. The molecule has 1 aliphatic heterocycles. The number of benzene rings is 1. The first kappa shape index (κ1) is 21.1. The zero-order valence-electron chi connectivity index (χ0n) is 17.3. The summed E-state index contributed by atoms with van der Waals surface area (Å²) in [5.41, 5.74) is 2.41. The number of halogens is 1. The molecule has 5 heteroatoms. The van der Waals surface area contributed by atoms with E-state index in [-0.39, 0.29) is 5.91 Å². The highest BCUT2D eigenvalue weighted by molar-refractivity contribution is 6.30. The van der Waals surface area contributed by atoms with Crippen LogP contribution in [0.4, 0.5) is 0 Å². The van der Waals surface area contributed by atoms with Crippen molar-refractivity contribution >= 4 is 23.6 Å². The molecule has 2 aromatic rings. The summed E-state index contributed by atoms with van der Waals surface area (Å²) in [4.78, 5) is 18.8. The van der Waals surface area contributed by atoms with Crippen molar-refractivity contribution in [2.45, 2.75) is 44.1 Å². The van der Waals surface area contributed by atoms with Gasteiger partial charge in [0.2, 0.25) is 5.91 Å². The van der Waals surface area contributed by atoms with E-state index in [1.807, 2.05) is 30.3 Å². The lowest BCUT2D eigenvalue weighted by molar-refractivity contribution is -0.117. The number of amides is 1. The monoisotopic (exact) mass is 423 g/mol. The van der Waals surface area contributed by atoms with Crippen LogP contribution in [0.3, 0.4) is 0 Å². The lowest BCUT2D eigenvalue weighted by Gasteiger charge is -2.33. The molecule has 1 N–H and O–H groups in total. The highest BCUT2D eigenvalue weighted by atomic mass is 35.5. The molecular weight excluding hydrogens is 394 g/mol. The van der Waals surface area contributed by atoms with Crippen molar-refractivity contribution in [3.8, 4) is 0 Å². The van der Waals surface area contributed by atoms with Crippen LogP contribution < -0.4 is 5.32 Å². The van der Waals surface area contributed by atoms with Crippen molar-refractivity contribution in [2.75, 3.05) is 19.6 Å². The van der Waals surface area contributed by atoms with Gasteiger partial charge in [0.05, 0.1) is 0 Å². The summed E-state index contributed by atoms with van der Waals surface area (Å²) in [6.07, 6.45) is 12.7. The summed E-state index contributed by atoms with van der Waals surface area (Å²) >= 11 is 6.02. The predicted molar refractivity (Wildman–Crippen MR) is 122 cm³/mol. The zero-order chi connectivity index (χ0) is 20.8. The van der Waals surface area contributed by atoms with E-state index in [2.05, 4.69) is 27.3 Å². The van der Waals surface area contributed by atoms with Gasteiger partial charge in [0.1, 0.15) is 0 Å². The Morgan fingerprint density at radius 1 is 1.07 bits per heavy atom. The van der Waals surface area contributed by atoms with Gasteiger partial charge in [0.15, 0.2) is 0 Å². The van der Waals surface area contributed by atoms with Crippen LogP contribution in [0, 0.1) is 5.92 Å². The Morgan fingerprint density at radius 2 is 1.80 bits per heavy atom. The summed E-state index contributed by atoms with van der Waals surface area (Å²) in [5.74, 6) is 1.34. The smallest absolute Gasteiger partial charge is 0.244 e. The third kappa shape index (κ3) is 5.93. The lowest BCUT2D eigenvalue weighted by atomic mass is 9.89. The van der Waals surface area contributed by atoms with Gasteiger partial charge in [-0.1, -0.05) is 23.7 Å². The second-order valence-corrected chi connectivity index (χ2v) is 9.06. The molecule has 4 rings (SSSR count). The molecule has 30 heavy (non-hydrogen) atoms. The maximum absolute atomic E-state index is 12.2. The van der Waals surface area contributed by atoms with Crippen LogP contribution in [0.5, 0.6) is 0 Å². The first-order chi connectivity index (χ1) is 14.7. The fourth-order valence-electron chi connectivity index (χ4n) is 4.82. The Balaban J connectivity index is 1.18. The van der Waals surface area contributed by atoms with Crippen LogP contribution in [-0.4, -0.2) is 41.5 Å². The highest BCUT2D eigenvalue weighted by Gasteiger charge is 2.28. The molecule has 1 aromatic carbocycles. The largest absolute Gasteiger partial charge is 0.350 e. The standard InChI is InChI=1S/C25H30ClN3O/c26-23-5-3-21(4-6-23)22-11-15-29(16-12-22)18-20-1-7-24(17-20)28-25(30)8-2-19-9-13-27-14-10-19/h2-6,8-10,13-14,20,22,24H,1,7,11-12,15-18H2,(H,28,30)/t20-,24+/m0/s1. The van der Waals surface area contributed by atoms with Gasteiger partial charge in [-0.25, -0.2) is 0 Å². The van der Waals surface area contributed by atoms with E-state index in [0.717, 1.165) is 43.1 Å². The first-order valence-corrected chi connectivity index (χ1v) is 11.4. The zero-order valence-corrected chi connectivity index (χ0v) is 18.1. The summed E-state index contributed by atoms with van der Waals surface area (Å²) in [7, 11) is 0. The number of aromatic nitrogens is 1. The van der Waals surface area contributed by atoms with E-state index >= 15 is 0 Å². The number of hydrogen-bond acceptors (Lipinski definition) is 3. The minimum atomic E-state index is 0.00115. The molecular formula is C25H30ClN3O. The van der Waals surface area contributed by atoms with E-state index in [4.69, 9.17) is 11.6 Å². The van der Waals surface area contributed by atoms with Gasteiger partial charge in [0, 0.05) is 36.1 Å². The van der Waals surface area contributed by atoms with Crippen LogP contribution >= 0.6 is 11.6 Å². The molecule has 1 saturated carbocycles. The SMILES string of the molecule is O=C(C=Cc1ccncc1)N[C@@H]1CC[C@H](CN2CCC(c3ccc(Cl)cc3)CC2)C1. The van der Waals surface area contributed by atoms with E-state index in [1.54, 1.807) is 18.5 Å². The molecule has 0 bridgehead atoms. The van der Waals surface area contributed by atoms with Crippen LogP contribution in [0.15, 0.2) is 54.9 Å². The van der Waals surface area contributed by atoms with E-state index < -0.39 is 0 Å². The molecule has 1 saturated heterocycles. The molecule has 2 atom stereocenters. The predicted octanol–water partition coefficient (Wildman–Crippen LogP) is 4.91. The fraction of sp³-hybridized carbons (Fsp3) is 0.440. The summed E-state index contributed by atoms with van der Waals surface area (Å²) in [6.45, 7) is 3.48. The number of piperidine rings is 1. The maximum Gasteiger partial charge on any atom is 0.244 e. The molecule has 2 aliphatic rings. The number of nitrogens with zero attached hydrogens (tertiary/aromatic N) is 2. The number of pyridine rings is 1. The number of carbonyl (C=O) groups is 1. The van der Waals surface area contributed by atoms with Crippen LogP contribution in [0.25, 0.3) is 6.08 Å². The van der Waals surface area contributed by atoms with Crippen molar-refractivity contribution in [2.24, 2.45) is 5.92 Å². The molecule has 1 amide bonds. The van der Waals surface area contributed by atoms with Gasteiger partial charge < -0.3 is 10.2 Å². The normalized spacial score (nSPS) is 23.1. The molecule has 1 aromatic heterocycles. The number of carbonyl (C=O) groups excluding carboxylic acids is 1. The molecule has 158 valence electrons. The van der Waals surface area contributed by atoms with E-state index in [0.29, 0.717) is 17.9 Å². The molecule has 2 fully saturated rings. The van der Waals surface area contributed by atoms with Crippen molar-refractivity contribution in [1.82, 2.24) is 15.2 Å². The van der Waals surface area contributed by atoms with E-state index in [9.17, 15) is 4.79 Å². The van der Waals surface area contributed by atoms with Gasteiger partial charge >= 0.3 is 0 Å². The van der Waals surface area contributed by atoms with Crippen molar-refractivity contribution in [1.29, 1.82) is 0 Å². The number of hydrogen-bond donors (Lipinski definition) is 1. The Kier molecular flexibility index (Phi) is 7.19. The molecule has 4 nitrogen and oxygen atoms in total. The van der Waals surface area contributed by atoms with Gasteiger partial charge in [-0.2, -0.15) is 0 Å². The van der Waals surface area contributed by atoms with Gasteiger partial charge in [-0.3, -0.25) is 9.78 Å². The van der Waals surface area contributed by atoms with Crippen molar-refractivity contribution in [3.05, 3.63) is 71.0 Å². The van der Waals surface area contributed by atoms with Crippen LogP contribution in [0.1, 0.15) is 49.1 Å². The van der Waals surface area contributed by atoms with Gasteiger partial charge in [-0.05, 0) is 98.5 Å². The third-order valence-corrected chi connectivity index (χ3v) is 6.72. The summed E-state index contributed by atoms with van der Waals surface area (Å²) in [5, 5.41) is 3.99. The maximum atomic E-state index is 12.2. The molecule has 1 aliphatic carbocycles. The third-order valence-electron chi connectivity index (χ3n) is 6.47. The average molecular weight is 424 g/mol. The van der Waals surface area contributed by atoms with Crippen LogP contribution in [-0.2, 0) is 4.79 Å². The number of nitrogens with one attached hydrogen (secondary N) is 1. The highest BCUT2D eigenvalue weighted by Crippen LogP contribution is 2.31. The quantitative estimate of drug-likeness (QED) is 0.671. The second kappa shape index (κ2) is 10.2. The van der Waals surface area contributed by atoms with Crippen LogP contribution in [0.2, 0.25) is 5.02 Å². The Hall–Kier alpha value is -2.17. The summed E-state index contributed by atoms with van der Waals surface area (Å²) < 4.78 is 0. The minimum Gasteiger partial charge on any atom is -0.350 e. The van der Waals surface area contributed by atoms with Gasteiger partial charge in [0.25, 0.3) is 0 Å². The van der Waals surface area contributed by atoms with Gasteiger partial charge in [-0.15, -0.1) is 0 Å². The number of likely N-dealkylation sites (tertiary alicyclic amines) is 1. The Morgan fingerprint density at radius 3 is 2.53 bits per heavy atom. The molecule has 0 unspecified atom stereocenters. The number of rotatable bonds is 6. The molecule has 0 spiro atoms. The lowest BCUT2D eigenvalue weighted by Crippen LogP contribution is -2.37. The average Bonchev–Trinajstić information content (AvgIpc) is 3.21. The Labute approximate surface area is 184 Å². The molecule has 2 heterocycles.